The van der Waals surface area contributed by atoms with Gasteiger partial charge in [0.1, 0.15) is 12.0 Å². The first kappa shape index (κ1) is 17.4. The average Bonchev–Trinajstić information content (AvgIpc) is 3.28. The summed E-state index contributed by atoms with van der Waals surface area (Å²) in [6.07, 6.45) is -0.586. The number of imide groups is 1. The first-order valence-electron chi connectivity index (χ1n) is 9.13. The van der Waals surface area contributed by atoms with Crippen LogP contribution >= 0.6 is 0 Å². The summed E-state index contributed by atoms with van der Waals surface area (Å²) < 4.78 is 15.1. The number of hydrogen-bond acceptors (Lipinski definition) is 5. The number of fused-ring (bicyclic) bond motifs is 3. The maximum absolute atomic E-state index is 13.3. The van der Waals surface area contributed by atoms with Crippen molar-refractivity contribution in [3.05, 3.63) is 66.0 Å². The molecular formula is C20H17FN6O2. The number of carbonyl (C=O) groups excluding carboxylic acids is 2. The quantitative estimate of drug-likeness (QED) is 0.739. The van der Waals surface area contributed by atoms with Gasteiger partial charge in [0, 0.05) is 19.2 Å². The molecule has 1 saturated heterocycles. The molecule has 0 bridgehead atoms. The monoisotopic (exact) mass is 392 g/mol. The highest BCUT2D eigenvalue weighted by molar-refractivity contribution is 6.02. The minimum Gasteiger partial charge on any atom is -0.321 e. The topological polar surface area (TPSA) is 83.4 Å². The fourth-order valence-electron chi connectivity index (χ4n) is 3.94. The van der Waals surface area contributed by atoms with Crippen LogP contribution in [-0.2, 0) is 11.3 Å². The zero-order valence-corrected chi connectivity index (χ0v) is 15.5. The smallest absolute Gasteiger partial charge is 0.321 e. The number of aromatic nitrogens is 3. The van der Waals surface area contributed by atoms with E-state index in [-0.39, 0.29) is 5.82 Å². The molecular weight excluding hydrogens is 375 g/mol. The van der Waals surface area contributed by atoms with Crippen molar-refractivity contribution in [3.63, 3.8) is 0 Å². The van der Waals surface area contributed by atoms with Crippen LogP contribution in [0.15, 0.2) is 54.6 Å². The molecule has 3 amide bonds. The van der Waals surface area contributed by atoms with Crippen LogP contribution in [0, 0.1) is 5.82 Å². The number of nitrogens with zero attached hydrogens (tertiary/aromatic N) is 5. The number of benzene rings is 2. The molecule has 2 aliphatic rings. The van der Waals surface area contributed by atoms with Crippen LogP contribution in [0.1, 0.15) is 11.7 Å². The Balaban J connectivity index is 1.63. The third-order valence-corrected chi connectivity index (χ3v) is 5.33. The fraction of sp³-hybridized carbons (Fsp3) is 0.200. The van der Waals surface area contributed by atoms with Crippen molar-refractivity contribution in [1.82, 2.24) is 25.0 Å². The van der Waals surface area contributed by atoms with Crippen LogP contribution in [0.3, 0.4) is 0 Å². The SMILES string of the molecule is CN1C(=O)NC(=O)C2C1n1c(-c3ccccc3)nnc1N2Cc1ccc(F)cc1. The standard InChI is InChI=1S/C20H17FN6O2/c1-25-18-15(17(28)22-20(25)29)26(11-12-7-9-14(21)10-8-12)19-24-23-16(27(18)19)13-5-3-2-4-6-13/h2-10,15,18H,11H2,1H3,(H,22,28,29). The average molecular weight is 392 g/mol. The third-order valence-electron chi connectivity index (χ3n) is 5.33. The van der Waals surface area contributed by atoms with Gasteiger partial charge in [0.25, 0.3) is 5.91 Å². The molecule has 0 spiro atoms. The van der Waals surface area contributed by atoms with Crippen LogP contribution in [0.5, 0.6) is 0 Å². The van der Waals surface area contributed by atoms with Crippen LogP contribution in [0.2, 0.25) is 0 Å². The van der Waals surface area contributed by atoms with Gasteiger partial charge in [-0.05, 0) is 17.7 Å². The first-order valence-corrected chi connectivity index (χ1v) is 9.13. The van der Waals surface area contributed by atoms with Gasteiger partial charge in [0.15, 0.2) is 11.9 Å². The van der Waals surface area contributed by atoms with Gasteiger partial charge < -0.3 is 9.80 Å². The normalized spacial score (nSPS) is 20.5. The lowest BCUT2D eigenvalue weighted by molar-refractivity contribution is -0.124. The lowest BCUT2D eigenvalue weighted by Crippen LogP contribution is -2.61. The second-order valence-electron chi connectivity index (χ2n) is 7.08. The van der Waals surface area contributed by atoms with Crippen LogP contribution in [-0.4, -0.2) is 44.7 Å². The number of likely N-dealkylation sites (N-methyl/N-ethyl adjacent to an activating group) is 1. The van der Waals surface area contributed by atoms with E-state index in [9.17, 15) is 14.0 Å². The van der Waals surface area contributed by atoms with E-state index in [4.69, 9.17) is 0 Å². The minimum absolute atomic E-state index is 0.323. The zero-order chi connectivity index (χ0) is 20.1. The maximum atomic E-state index is 13.3. The maximum Gasteiger partial charge on any atom is 0.325 e. The highest BCUT2D eigenvalue weighted by atomic mass is 19.1. The van der Waals surface area contributed by atoms with Gasteiger partial charge in [-0.3, -0.25) is 14.7 Å². The first-order chi connectivity index (χ1) is 14.0. The Kier molecular flexibility index (Phi) is 3.83. The molecule has 2 aliphatic heterocycles. The number of anilines is 1. The molecule has 8 nitrogen and oxygen atoms in total. The number of carbonyl (C=O) groups is 2. The van der Waals surface area contributed by atoms with Gasteiger partial charge >= 0.3 is 6.03 Å². The Morgan fingerprint density at radius 2 is 1.76 bits per heavy atom. The lowest BCUT2D eigenvalue weighted by Gasteiger charge is -2.37. The molecule has 1 N–H and O–H groups in total. The number of halogens is 1. The van der Waals surface area contributed by atoms with Crippen LogP contribution < -0.4 is 10.2 Å². The Morgan fingerprint density at radius 1 is 1.03 bits per heavy atom. The molecule has 146 valence electrons. The molecule has 2 aromatic carbocycles. The highest BCUT2D eigenvalue weighted by Gasteiger charge is 2.52. The van der Waals surface area contributed by atoms with Crippen LogP contribution in [0.4, 0.5) is 15.1 Å². The minimum atomic E-state index is -0.671. The van der Waals surface area contributed by atoms with E-state index in [1.165, 1.54) is 17.0 Å². The van der Waals surface area contributed by atoms with Crippen molar-refractivity contribution < 1.29 is 14.0 Å². The van der Waals surface area contributed by atoms with E-state index in [1.54, 1.807) is 24.1 Å². The van der Waals surface area contributed by atoms with Crippen molar-refractivity contribution in [2.24, 2.45) is 0 Å². The lowest BCUT2D eigenvalue weighted by atomic mass is 10.1. The molecule has 3 heterocycles. The van der Waals surface area contributed by atoms with Crippen molar-refractivity contribution in [2.75, 3.05) is 11.9 Å². The van der Waals surface area contributed by atoms with Gasteiger partial charge in [0.2, 0.25) is 5.95 Å². The summed E-state index contributed by atoms with van der Waals surface area (Å²) in [5.41, 5.74) is 1.65. The van der Waals surface area contributed by atoms with E-state index < -0.39 is 24.1 Å². The molecule has 2 atom stereocenters. The molecule has 9 heteroatoms. The van der Waals surface area contributed by atoms with Gasteiger partial charge in [-0.1, -0.05) is 42.5 Å². The summed E-state index contributed by atoms with van der Waals surface area (Å²) in [6.45, 7) is 0.323. The summed E-state index contributed by atoms with van der Waals surface area (Å²) in [5, 5.41) is 11.1. The van der Waals surface area contributed by atoms with E-state index in [0.717, 1.165) is 11.1 Å². The predicted molar refractivity (Wildman–Crippen MR) is 102 cm³/mol. The predicted octanol–water partition coefficient (Wildman–Crippen LogP) is 2.15. The molecule has 0 aliphatic carbocycles. The Labute approximate surface area is 165 Å². The van der Waals surface area contributed by atoms with E-state index in [1.807, 2.05) is 34.9 Å². The highest BCUT2D eigenvalue weighted by Crippen LogP contribution is 2.41. The van der Waals surface area contributed by atoms with E-state index in [0.29, 0.717) is 18.3 Å². The molecule has 1 fully saturated rings. The molecule has 0 saturated carbocycles. The third kappa shape index (κ3) is 2.65. The molecule has 1 aromatic heterocycles. The fourth-order valence-corrected chi connectivity index (χ4v) is 3.94. The molecule has 5 rings (SSSR count). The zero-order valence-electron chi connectivity index (χ0n) is 15.5. The van der Waals surface area contributed by atoms with Crippen molar-refractivity contribution in [2.45, 2.75) is 18.8 Å². The van der Waals surface area contributed by atoms with E-state index in [2.05, 4.69) is 15.5 Å². The van der Waals surface area contributed by atoms with Crippen molar-refractivity contribution in [1.29, 1.82) is 0 Å². The summed E-state index contributed by atoms with van der Waals surface area (Å²) >= 11 is 0. The largest absolute Gasteiger partial charge is 0.325 e. The number of urea groups is 1. The van der Waals surface area contributed by atoms with Gasteiger partial charge in [-0.25, -0.2) is 9.18 Å². The molecule has 2 unspecified atom stereocenters. The second-order valence-corrected chi connectivity index (χ2v) is 7.08. The van der Waals surface area contributed by atoms with Crippen LogP contribution in [0.25, 0.3) is 11.4 Å². The van der Waals surface area contributed by atoms with Crippen molar-refractivity contribution in [3.8, 4) is 11.4 Å². The molecule has 0 radical (unpaired) electrons. The van der Waals surface area contributed by atoms with Gasteiger partial charge in [-0.2, -0.15) is 0 Å². The summed E-state index contributed by atoms with van der Waals surface area (Å²) in [5.74, 6) is 0.333. The van der Waals surface area contributed by atoms with Gasteiger partial charge in [0.05, 0.1) is 0 Å². The Hall–Kier alpha value is -3.75. The van der Waals surface area contributed by atoms with E-state index >= 15 is 0 Å². The number of nitrogens with one attached hydrogen (secondary N) is 1. The van der Waals surface area contributed by atoms with Crippen molar-refractivity contribution >= 4 is 17.9 Å². The summed E-state index contributed by atoms with van der Waals surface area (Å²) in [6, 6.07) is 14.4. The Morgan fingerprint density at radius 3 is 2.48 bits per heavy atom. The Bertz CT molecular complexity index is 1100. The molecule has 3 aromatic rings. The molecule has 29 heavy (non-hydrogen) atoms. The number of rotatable bonds is 3. The second kappa shape index (κ2) is 6.40. The summed E-state index contributed by atoms with van der Waals surface area (Å²) in [7, 11) is 1.64. The van der Waals surface area contributed by atoms with Gasteiger partial charge in [-0.15, -0.1) is 10.2 Å². The number of amides is 3. The number of hydrogen-bond donors (Lipinski definition) is 1. The summed E-state index contributed by atoms with van der Waals surface area (Å²) in [4.78, 5) is 28.4.